The lowest BCUT2D eigenvalue weighted by molar-refractivity contribution is -0.127. The first kappa shape index (κ1) is 24.8. The monoisotopic (exact) mass is 457 g/mol. The van der Waals surface area contributed by atoms with Gasteiger partial charge in [0.15, 0.2) is 0 Å². The predicted molar refractivity (Wildman–Crippen MR) is 134 cm³/mol. The van der Waals surface area contributed by atoms with E-state index < -0.39 is 0 Å². The molecule has 1 aromatic carbocycles. The molecule has 32 heavy (non-hydrogen) atoms. The maximum Gasteiger partial charge on any atom is 0.257 e. The fraction of sp³-hybridized carbons (Fsp3) is 0.615. The van der Waals surface area contributed by atoms with Crippen molar-refractivity contribution in [3.05, 3.63) is 40.8 Å². The van der Waals surface area contributed by atoms with E-state index in [1.165, 1.54) is 0 Å². The van der Waals surface area contributed by atoms with E-state index in [0.717, 1.165) is 49.4 Å². The van der Waals surface area contributed by atoms with Gasteiger partial charge in [-0.1, -0.05) is 58.0 Å². The lowest BCUT2D eigenvalue weighted by Crippen LogP contribution is -2.52. The molecule has 0 bridgehead atoms. The minimum Gasteiger partial charge on any atom is -0.355 e. The summed E-state index contributed by atoms with van der Waals surface area (Å²) in [5, 5.41) is 6.69. The van der Waals surface area contributed by atoms with E-state index in [4.69, 9.17) is 0 Å². The molecule has 6 heteroatoms. The SMILES string of the molecule is CC(C)CN(CCNC(=O)C1CCC2S/C(=C\c3ccccc3)C(=O)NC2C1)CC(C)C. The highest BCUT2D eigenvalue weighted by molar-refractivity contribution is 8.04. The standard InChI is InChI=1S/C26H39N3O2S/c1-18(2)16-29(17-19(3)4)13-12-27-25(30)21-10-11-23-22(15-21)28-26(31)24(32-23)14-20-8-6-5-7-9-20/h5-9,14,18-19,21-23H,10-13,15-17H2,1-4H3,(H,27,30)(H,28,31)/b24-14-. The van der Waals surface area contributed by atoms with E-state index in [1.807, 2.05) is 36.4 Å². The zero-order valence-electron chi connectivity index (χ0n) is 20.0. The Balaban J connectivity index is 1.48. The van der Waals surface area contributed by atoms with Crippen LogP contribution in [0.15, 0.2) is 35.2 Å². The minimum atomic E-state index is -0.0147. The van der Waals surface area contributed by atoms with Crippen molar-refractivity contribution in [3.63, 3.8) is 0 Å². The Labute approximate surface area is 197 Å². The summed E-state index contributed by atoms with van der Waals surface area (Å²) in [5.74, 6) is 1.35. The fourth-order valence-corrected chi connectivity index (χ4v) is 6.00. The topological polar surface area (TPSA) is 61.4 Å². The van der Waals surface area contributed by atoms with Crippen molar-refractivity contribution in [1.82, 2.24) is 15.5 Å². The Morgan fingerprint density at radius 2 is 1.84 bits per heavy atom. The molecule has 1 aliphatic carbocycles. The first-order chi connectivity index (χ1) is 15.3. The lowest BCUT2D eigenvalue weighted by Gasteiger charge is -2.39. The minimum absolute atomic E-state index is 0.0135. The van der Waals surface area contributed by atoms with Gasteiger partial charge in [-0.3, -0.25) is 9.59 Å². The van der Waals surface area contributed by atoms with Crippen LogP contribution in [-0.2, 0) is 9.59 Å². The van der Waals surface area contributed by atoms with Crippen molar-refractivity contribution < 1.29 is 9.59 Å². The number of carbonyl (C=O) groups excluding carboxylic acids is 2. The fourth-order valence-electron chi connectivity index (χ4n) is 4.70. The largest absolute Gasteiger partial charge is 0.355 e. The number of nitrogens with one attached hydrogen (secondary N) is 2. The van der Waals surface area contributed by atoms with Gasteiger partial charge >= 0.3 is 0 Å². The Bertz CT molecular complexity index is 784. The molecule has 0 spiro atoms. The molecule has 1 heterocycles. The number of fused-ring (bicyclic) bond motifs is 1. The van der Waals surface area contributed by atoms with Crippen molar-refractivity contribution in [2.24, 2.45) is 17.8 Å². The first-order valence-corrected chi connectivity index (χ1v) is 12.9. The van der Waals surface area contributed by atoms with Crippen LogP contribution in [0, 0.1) is 17.8 Å². The van der Waals surface area contributed by atoms with Crippen LogP contribution in [0.1, 0.15) is 52.5 Å². The van der Waals surface area contributed by atoms with E-state index in [1.54, 1.807) is 11.8 Å². The molecular weight excluding hydrogens is 418 g/mol. The van der Waals surface area contributed by atoms with Crippen molar-refractivity contribution >= 4 is 29.7 Å². The number of nitrogens with zero attached hydrogens (tertiary/aromatic N) is 1. The number of thioether (sulfide) groups is 1. The summed E-state index contributed by atoms with van der Waals surface area (Å²) in [6.45, 7) is 12.6. The zero-order valence-corrected chi connectivity index (χ0v) is 20.8. The predicted octanol–water partition coefficient (Wildman–Crippen LogP) is 4.16. The summed E-state index contributed by atoms with van der Waals surface area (Å²) in [4.78, 5) is 28.7. The normalized spacial score (nSPS) is 24.7. The second-order valence-corrected chi connectivity index (χ2v) is 11.3. The van der Waals surface area contributed by atoms with Crippen molar-refractivity contribution in [2.75, 3.05) is 26.2 Å². The molecule has 3 rings (SSSR count). The van der Waals surface area contributed by atoms with Crippen molar-refractivity contribution in [2.45, 2.75) is 58.2 Å². The summed E-state index contributed by atoms with van der Waals surface area (Å²) in [6.07, 6.45) is 4.54. The van der Waals surface area contributed by atoms with Gasteiger partial charge in [0.05, 0.1) is 4.91 Å². The van der Waals surface area contributed by atoms with Crippen LogP contribution in [0.3, 0.4) is 0 Å². The number of rotatable bonds is 9. The van der Waals surface area contributed by atoms with Gasteiger partial charge in [-0.15, -0.1) is 11.8 Å². The average molecular weight is 458 g/mol. The van der Waals surface area contributed by atoms with E-state index >= 15 is 0 Å². The molecular formula is C26H39N3O2S. The highest BCUT2D eigenvalue weighted by atomic mass is 32.2. The Kier molecular flexibility index (Phi) is 9.23. The van der Waals surface area contributed by atoms with Crippen LogP contribution in [0.25, 0.3) is 6.08 Å². The number of carbonyl (C=O) groups is 2. The summed E-state index contributed by atoms with van der Waals surface area (Å²) < 4.78 is 0. The summed E-state index contributed by atoms with van der Waals surface area (Å²) in [5.41, 5.74) is 1.04. The van der Waals surface area contributed by atoms with Gasteiger partial charge in [0.25, 0.3) is 5.91 Å². The van der Waals surface area contributed by atoms with Gasteiger partial charge in [-0.25, -0.2) is 0 Å². The Hall–Kier alpha value is -1.79. The molecule has 1 saturated carbocycles. The summed E-state index contributed by atoms with van der Waals surface area (Å²) in [7, 11) is 0. The van der Waals surface area contributed by atoms with Crippen LogP contribution in [0.4, 0.5) is 0 Å². The molecule has 1 aromatic rings. The number of hydrogen-bond donors (Lipinski definition) is 2. The molecule has 1 saturated heterocycles. The molecule has 1 aliphatic heterocycles. The third-order valence-electron chi connectivity index (χ3n) is 6.05. The van der Waals surface area contributed by atoms with Gasteiger partial charge in [-0.2, -0.15) is 0 Å². The van der Waals surface area contributed by atoms with E-state index in [9.17, 15) is 9.59 Å². The van der Waals surface area contributed by atoms with Gasteiger partial charge in [0.2, 0.25) is 5.91 Å². The summed E-state index contributed by atoms with van der Waals surface area (Å²) in [6, 6.07) is 10.0. The Morgan fingerprint density at radius 1 is 1.16 bits per heavy atom. The molecule has 3 atom stereocenters. The van der Waals surface area contributed by atoms with Gasteiger partial charge in [-0.05, 0) is 42.7 Å². The lowest BCUT2D eigenvalue weighted by atomic mass is 9.84. The number of benzene rings is 1. The number of hydrogen-bond acceptors (Lipinski definition) is 4. The highest BCUT2D eigenvalue weighted by Crippen LogP contribution is 2.39. The molecule has 3 unspecified atom stereocenters. The van der Waals surface area contributed by atoms with Crippen LogP contribution in [0.5, 0.6) is 0 Å². The second kappa shape index (κ2) is 11.9. The first-order valence-electron chi connectivity index (χ1n) is 12.1. The van der Waals surface area contributed by atoms with Gasteiger partial charge in [0.1, 0.15) is 0 Å². The maximum atomic E-state index is 12.8. The van der Waals surface area contributed by atoms with Gasteiger partial charge in [0, 0.05) is 43.4 Å². The highest BCUT2D eigenvalue weighted by Gasteiger charge is 2.39. The van der Waals surface area contributed by atoms with E-state index in [-0.39, 0.29) is 23.8 Å². The summed E-state index contributed by atoms with van der Waals surface area (Å²) >= 11 is 1.68. The molecule has 2 N–H and O–H groups in total. The van der Waals surface area contributed by atoms with Gasteiger partial charge < -0.3 is 15.5 Å². The third-order valence-corrected chi connectivity index (χ3v) is 7.47. The van der Waals surface area contributed by atoms with Crippen LogP contribution < -0.4 is 10.6 Å². The quantitative estimate of drug-likeness (QED) is 0.547. The van der Waals surface area contributed by atoms with Crippen LogP contribution in [-0.4, -0.2) is 54.2 Å². The molecule has 2 amide bonds. The molecule has 0 aromatic heterocycles. The third kappa shape index (κ3) is 7.38. The molecule has 176 valence electrons. The molecule has 2 aliphatic rings. The second-order valence-electron chi connectivity index (χ2n) is 10.0. The van der Waals surface area contributed by atoms with E-state index in [0.29, 0.717) is 23.6 Å². The van der Waals surface area contributed by atoms with Crippen LogP contribution in [0.2, 0.25) is 0 Å². The van der Waals surface area contributed by atoms with Crippen LogP contribution >= 0.6 is 11.8 Å². The maximum absolute atomic E-state index is 12.8. The van der Waals surface area contributed by atoms with Crippen molar-refractivity contribution in [3.8, 4) is 0 Å². The smallest absolute Gasteiger partial charge is 0.257 e. The Morgan fingerprint density at radius 3 is 2.50 bits per heavy atom. The van der Waals surface area contributed by atoms with Crippen molar-refractivity contribution in [1.29, 1.82) is 0 Å². The number of amides is 2. The molecule has 5 nitrogen and oxygen atoms in total. The average Bonchev–Trinajstić information content (AvgIpc) is 2.73. The zero-order chi connectivity index (χ0) is 23.1. The van der Waals surface area contributed by atoms with E-state index in [2.05, 4.69) is 43.2 Å². The molecule has 2 fully saturated rings. The molecule has 0 radical (unpaired) electrons.